The quantitative estimate of drug-likeness (QED) is 0.736. The largest absolute Gasteiger partial charge is 0.344 e. The topological polar surface area (TPSA) is 69.7 Å². The summed E-state index contributed by atoms with van der Waals surface area (Å²) < 4.78 is 0. The van der Waals surface area contributed by atoms with E-state index in [1.807, 2.05) is 50.2 Å². The summed E-state index contributed by atoms with van der Waals surface area (Å²) in [6.45, 7) is 13.8. The van der Waals surface area contributed by atoms with Gasteiger partial charge >= 0.3 is 0 Å². The molecule has 1 fully saturated rings. The highest BCUT2D eigenvalue weighted by atomic mass is 16.2. The molecule has 3 rings (SSSR count). The van der Waals surface area contributed by atoms with E-state index in [-0.39, 0.29) is 23.1 Å². The number of benzene rings is 2. The molecule has 1 saturated heterocycles. The number of carbonyl (C=O) groups excluding carboxylic acids is 3. The summed E-state index contributed by atoms with van der Waals surface area (Å²) in [5, 5.41) is 2.84. The monoisotopic (exact) mass is 463 g/mol. The maximum absolute atomic E-state index is 13.3. The van der Waals surface area contributed by atoms with Gasteiger partial charge < -0.3 is 15.1 Å². The van der Waals surface area contributed by atoms with Gasteiger partial charge in [0.05, 0.1) is 0 Å². The SMILES string of the molecule is CC(=O)NC(Cc1cc(C)ccc1C)C(=O)N1CCN(C(=O)c2ccc(C(C)(C)C)cc2)CC1. The van der Waals surface area contributed by atoms with E-state index in [4.69, 9.17) is 0 Å². The number of rotatable bonds is 5. The molecule has 0 bridgehead atoms. The predicted molar refractivity (Wildman–Crippen MR) is 135 cm³/mol. The Balaban J connectivity index is 1.65. The summed E-state index contributed by atoms with van der Waals surface area (Å²) in [5.74, 6) is -0.338. The third-order valence-electron chi connectivity index (χ3n) is 6.48. The van der Waals surface area contributed by atoms with Crippen molar-refractivity contribution >= 4 is 17.7 Å². The normalized spacial score (nSPS) is 15.1. The molecule has 2 aromatic rings. The van der Waals surface area contributed by atoms with Crippen LogP contribution in [0.5, 0.6) is 0 Å². The molecule has 0 aromatic heterocycles. The molecule has 1 heterocycles. The van der Waals surface area contributed by atoms with Crippen LogP contribution in [0.3, 0.4) is 0 Å². The molecule has 182 valence electrons. The van der Waals surface area contributed by atoms with E-state index in [0.29, 0.717) is 38.2 Å². The Hall–Kier alpha value is -3.15. The lowest BCUT2D eigenvalue weighted by Crippen LogP contribution is -2.56. The number of piperazine rings is 1. The minimum Gasteiger partial charge on any atom is -0.344 e. The number of nitrogens with one attached hydrogen (secondary N) is 1. The predicted octanol–water partition coefficient (Wildman–Crippen LogP) is 3.63. The summed E-state index contributed by atoms with van der Waals surface area (Å²) in [6, 6.07) is 13.3. The molecule has 1 unspecified atom stereocenters. The van der Waals surface area contributed by atoms with Gasteiger partial charge in [-0.05, 0) is 48.1 Å². The van der Waals surface area contributed by atoms with E-state index >= 15 is 0 Å². The molecule has 1 aliphatic rings. The average molecular weight is 464 g/mol. The minimum atomic E-state index is -0.620. The van der Waals surface area contributed by atoms with Crippen molar-refractivity contribution in [3.63, 3.8) is 0 Å². The summed E-state index contributed by atoms with van der Waals surface area (Å²) in [5.41, 5.74) is 5.17. The van der Waals surface area contributed by atoms with Crippen molar-refractivity contribution in [2.75, 3.05) is 26.2 Å². The first-order chi connectivity index (χ1) is 16.0. The Morgan fingerprint density at radius 1 is 0.912 bits per heavy atom. The second-order valence-electron chi connectivity index (χ2n) is 10.3. The van der Waals surface area contributed by atoms with E-state index in [1.54, 1.807) is 9.80 Å². The molecule has 1 atom stereocenters. The maximum Gasteiger partial charge on any atom is 0.253 e. The van der Waals surface area contributed by atoms with Crippen LogP contribution >= 0.6 is 0 Å². The summed E-state index contributed by atoms with van der Waals surface area (Å²) in [4.78, 5) is 41.7. The Labute approximate surface area is 203 Å². The third kappa shape index (κ3) is 6.25. The zero-order valence-electron chi connectivity index (χ0n) is 21.3. The molecule has 0 spiro atoms. The van der Waals surface area contributed by atoms with Gasteiger partial charge in [0.1, 0.15) is 6.04 Å². The lowest BCUT2D eigenvalue weighted by molar-refractivity contribution is -0.137. The molecule has 6 heteroatoms. The molecule has 1 N–H and O–H groups in total. The van der Waals surface area contributed by atoms with Gasteiger partial charge in [0.15, 0.2) is 0 Å². The standard InChI is InChI=1S/C28H37N3O3/c1-19-7-8-20(2)23(17-19)18-25(29-21(3)32)27(34)31-15-13-30(14-16-31)26(33)22-9-11-24(12-10-22)28(4,5)6/h7-12,17,25H,13-16,18H2,1-6H3,(H,29,32). The maximum atomic E-state index is 13.3. The zero-order valence-corrected chi connectivity index (χ0v) is 21.3. The highest BCUT2D eigenvalue weighted by molar-refractivity contribution is 5.94. The average Bonchev–Trinajstić information content (AvgIpc) is 2.79. The summed E-state index contributed by atoms with van der Waals surface area (Å²) >= 11 is 0. The first-order valence-electron chi connectivity index (χ1n) is 12.0. The van der Waals surface area contributed by atoms with Crippen molar-refractivity contribution in [3.8, 4) is 0 Å². The molecule has 0 aliphatic carbocycles. The minimum absolute atomic E-state index is 0.0126. The van der Waals surface area contributed by atoms with Crippen LogP contribution in [0.2, 0.25) is 0 Å². The van der Waals surface area contributed by atoms with Gasteiger partial charge in [0.2, 0.25) is 11.8 Å². The van der Waals surface area contributed by atoms with Crippen molar-refractivity contribution in [2.45, 2.75) is 59.4 Å². The lowest BCUT2D eigenvalue weighted by atomic mass is 9.86. The van der Waals surface area contributed by atoms with Crippen LogP contribution in [0.4, 0.5) is 0 Å². The first-order valence-corrected chi connectivity index (χ1v) is 12.0. The fraction of sp³-hybridized carbons (Fsp3) is 0.464. The molecular formula is C28H37N3O3. The summed E-state index contributed by atoms with van der Waals surface area (Å²) in [7, 11) is 0. The van der Waals surface area contributed by atoms with Crippen LogP contribution in [-0.4, -0.2) is 59.7 Å². The molecule has 0 saturated carbocycles. The lowest BCUT2D eigenvalue weighted by Gasteiger charge is -2.36. The smallest absolute Gasteiger partial charge is 0.253 e. The van der Waals surface area contributed by atoms with Crippen LogP contribution in [0.15, 0.2) is 42.5 Å². The number of nitrogens with zero attached hydrogens (tertiary/aromatic N) is 2. The first kappa shape index (κ1) is 25.5. The van der Waals surface area contributed by atoms with E-state index in [1.165, 1.54) is 12.5 Å². The Bertz CT molecular complexity index is 1050. The Morgan fingerprint density at radius 3 is 2.06 bits per heavy atom. The van der Waals surface area contributed by atoms with Gasteiger partial charge in [-0.1, -0.05) is 56.7 Å². The summed E-state index contributed by atoms with van der Waals surface area (Å²) in [6.07, 6.45) is 0.450. The van der Waals surface area contributed by atoms with Gasteiger partial charge in [-0.2, -0.15) is 0 Å². The van der Waals surface area contributed by atoms with Crippen molar-refractivity contribution in [3.05, 3.63) is 70.3 Å². The zero-order chi connectivity index (χ0) is 25.0. The number of hydrogen-bond acceptors (Lipinski definition) is 3. The van der Waals surface area contributed by atoms with Gasteiger partial charge in [0, 0.05) is 45.1 Å². The fourth-order valence-electron chi connectivity index (χ4n) is 4.33. The van der Waals surface area contributed by atoms with Gasteiger partial charge in [0.25, 0.3) is 5.91 Å². The van der Waals surface area contributed by atoms with Crippen molar-refractivity contribution in [1.82, 2.24) is 15.1 Å². The van der Waals surface area contributed by atoms with Crippen LogP contribution in [-0.2, 0) is 21.4 Å². The number of hydrogen-bond donors (Lipinski definition) is 1. The van der Waals surface area contributed by atoms with Crippen molar-refractivity contribution < 1.29 is 14.4 Å². The molecule has 6 nitrogen and oxygen atoms in total. The molecule has 1 aliphatic heterocycles. The van der Waals surface area contributed by atoms with Crippen LogP contribution in [0.1, 0.15) is 60.3 Å². The van der Waals surface area contributed by atoms with Crippen LogP contribution < -0.4 is 5.32 Å². The Morgan fingerprint density at radius 2 is 1.50 bits per heavy atom. The van der Waals surface area contributed by atoms with Crippen molar-refractivity contribution in [1.29, 1.82) is 0 Å². The van der Waals surface area contributed by atoms with E-state index in [2.05, 4.69) is 32.2 Å². The van der Waals surface area contributed by atoms with E-state index < -0.39 is 6.04 Å². The van der Waals surface area contributed by atoms with Crippen LogP contribution in [0.25, 0.3) is 0 Å². The second kappa shape index (κ2) is 10.4. The number of carbonyl (C=O) groups is 3. The molecule has 2 aromatic carbocycles. The Kier molecular flexibility index (Phi) is 7.80. The molecule has 3 amide bonds. The highest BCUT2D eigenvalue weighted by Crippen LogP contribution is 2.23. The molecule has 0 radical (unpaired) electrons. The van der Waals surface area contributed by atoms with Gasteiger partial charge in [-0.3, -0.25) is 14.4 Å². The molecule has 34 heavy (non-hydrogen) atoms. The third-order valence-corrected chi connectivity index (χ3v) is 6.48. The molecular weight excluding hydrogens is 426 g/mol. The van der Waals surface area contributed by atoms with Gasteiger partial charge in [-0.15, -0.1) is 0 Å². The van der Waals surface area contributed by atoms with Gasteiger partial charge in [-0.25, -0.2) is 0 Å². The van der Waals surface area contributed by atoms with E-state index in [9.17, 15) is 14.4 Å². The number of aryl methyl sites for hydroxylation is 2. The second-order valence-corrected chi connectivity index (χ2v) is 10.3. The fourth-order valence-corrected chi connectivity index (χ4v) is 4.33. The highest BCUT2D eigenvalue weighted by Gasteiger charge is 2.30. The van der Waals surface area contributed by atoms with E-state index in [0.717, 1.165) is 16.7 Å². The van der Waals surface area contributed by atoms with Crippen molar-refractivity contribution in [2.24, 2.45) is 0 Å². The van der Waals surface area contributed by atoms with Crippen LogP contribution in [0, 0.1) is 13.8 Å². The number of amides is 3.